The number of hydrogen-bond acceptors (Lipinski definition) is 5. The number of amides is 3. The number of hydrogen-bond donors (Lipinski definition) is 3. The average Bonchev–Trinajstić information content (AvgIpc) is 2.69. The first kappa shape index (κ1) is 20.7. The predicted molar refractivity (Wildman–Crippen MR) is 106 cm³/mol. The molecular weight excluding hydrogens is 388 g/mol. The van der Waals surface area contributed by atoms with E-state index in [1.807, 2.05) is 6.26 Å². The summed E-state index contributed by atoms with van der Waals surface area (Å²) >= 11 is 7.57. The highest BCUT2D eigenvalue weighted by molar-refractivity contribution is 7.98. The average molecular weight is 407 g/mol. The molecule has 0 saturated carbocycles. The van der Waals surface area contributed by atoms with Gasteiger partial charge in [-0.3, -0.25) is 30.2 Å². The molecule has 3 amide bonds. The third kappa shape index (κ3) is 6.26. The zero-order chi connectivity index (χ0) is 19.6. The Morgan fingerprint density at radius 2 is 1.78 bits per heavy atom. The lowest BCUT2D eigenvalue weighted by Crippen LogP contribution is -2.52. The zero-order valence-electron chi connectivity index (χ0n) is 14.6. The Kier molecular flexibility index (Phi) is 8.09. The van der Waals surface area contributed by atoms with Crippen molar-refractivity contribution in [2.24, 2.45) is 0 Å². The van der Waals surface area contributed by atoms with Crippen molar-refractivity contribution in [2.75, 3.05) is 12.0 Å². The first-order valence-electron chi connectivity index (χ1n) is 8.07. The number of thioether (sulfide) groups is 1. The second-order valence-electron chi connectivity index (χ2n) is 5.47. The minimum Gasteiger partial charge on any atom is -0.340 e. The van der Waals surface area contributed by atoms with E-state index in [2.05, 4.69) is 21.2 Å². The molecule has 2 aromatic rings. The molecule has 3 N–H and O–H groups in total. The Hall–Kier alpha value is -2.58. The van der Waals surface area contributed by atoms with E-state index in [4.69, 9.17) is 11.6 Å². The maximum Gasteiger partial charge on any atom is 0.269 e. The molecule has 0 saturated heterocycles. The van der Waals surface area contributed by atoms with Crippen LogP contribution in [0.3, 0.4) is 0 Å². The molecule has 0 fully saturated rings. The van der Waals surface area contributed by atoms with Gasteiger partial charge in [0.15, 0.2) is 0 Å². The summed E-state index contributed by atoms with van der Waals surface area (Å²) in [6, 6.07) is 8.80. The van der Waals surface area contributed by atoms with Crippen LogP contribution in [-0.4, -0.2) is 40.8 Å². The first-order chi connectivity index (χ1) is 13.0. The Labute approximate surface area is 166 Å². The van der Waals surface area contributed by atoms with E-state index < -0.39 is 23.8 Å². The van der Waals surface area contributed by atoms with Gasteiger partial charge in [-0.25, -0.2) is 0 Å². The molecule has 0 radical (unpaired) electrons. The van der Waals surface area contributed by atoms with Crippen molar-refractivity contribution >= 4 is 41.1 Å². The highest BCUT2D eigenvalue weighted by Gasteiger charge is 2.22. The van der Waals surface area contributed by atoms with Gasteiger partial charge in [-0.1, -0.05) is 23.7 Å². The Morgan fingerprint density at radius 3 is 2.44 bits per heavy atom. The number of rotatable bonds is 7. The van der Waals surface area contributed by atoms with E-state index in [0.29, 0.717) is 22.8 Å². The fourth-order valence-electron chi connectivity index (χ4n) is 2.17. The van der Waals surface area contributed by atoms with Gasteiger partial charge in [-0.2, -0.15) is 11.8 Å². The number of carbonyl (C=O) groups is 3. The minimum atomic E-state index is -0.820. The van der Waals surface area contributed by atoms with Gasteiger partial charge in [0.25, 0.3) is 17.7 Å². The second kappa shape index (κ2) is 10.5. The number of carbonyl (C=O) groups excluding carboxylic acids is 3. The number of halogens is 1. The normalized spacial score (nSPS) is 11.3. The van der Waals surface area contributed by atoms with E-state index in [-0.39, 0.29) is 5.56 Å². The molecule has 0 spiro atoms. The molecule has 9 heteroatoms. The van der Waals surface area contributed by atoms with Gasteiger partial charge in [0, 0.05) is 18.0 Å². The second-order valence-corrected chi connectivity index (χ2v) is 6.86. The van der Waals surface area contributed by atoms with Gasteiger partial charge in [0.2, 0.25) is 0 Å². The lowest BCUT2D eigenvalue weighted by Gasteiger charge is -2.18. The van der Waals surface area contributed by atoms with Crippen LogP contribution in [0.15, 0.2) is 48.8 Å². The van der Waals surface area contributed by atoms with E-state index in [1.54, 1.807) is 36.0 Å². The number of nitrogens with zero attached hydrogens (tertiary/aromatic N) is 1. The topological polar surface area (TPSA) is 100 Å². The number of benzene rings is 1. The van der Waals surface area contributed by atoms with Gasteiger partial charge >= 0.3 is 0 Å². The number of pyridine rings is 1. The van der Waals surface area contributed by atoms with Crippen LogP contribution in [0.5, 0.6) is 0 Å². The van der Waals surface area contributed by atoms with Crippen LogP contribution in [0.25, 0.3) is 0 Å². The quantitative estimate of drug-likeness (QED) is 0.611. The fourth-order valence-corrected chi connectivity index (χ4v) is 2.86. The molecule has 1 aromatic carbocycles. The number of nitrogens with one attached hydrogen (secondary N) is 3. The molecule has 142 valence electrons. The third-order valence-corrected chi connectivity index (χ3v) is 4.57. The summed E-state index contributed by atoms with van der Waals surface area (Å²) < 4.78 is 0. The molecule has 0 aliphatic heterocycles. The van der Waals surface area contributed by atoms with Crippen LogP contribution in [0, 0.1) is 0 Å². The predicted octanol–water partition coefficient (Wildman–Crippen LogP) is 2.05. The summed E-state index contributed by atoms with van der Waals surface area (Å²) in [5.41, 5.74) is 5.31. The van der Waals surface area contributed by atoms with Crippen LogP contribution in [-0.2, 0) is 4.79 Å². The molecule has 0 unspecified atom stereocenters. The van der Waals surface area contributed by atoms with Crippen molar-refractivity contribution < 1.29 is 14.4 Å². The molecule has 0 aliphatic rings. The Bertz CT molecular complexity index is 804. The highest BCUT2D eigenvalue weighted by atomic mass is 35.5. The third-order valence-electron chi connectivity index (χ3n) is 3.59. The van der Waals surface area contributed by atoms with E-state index >= 15 is 0 Å². The zero-order valence-corrected chi connectivity index (χ0v) is 16.1. The molecule has 2 rings (SSSR count). The van der Waals surface area contributed by atoms with Crippen LogP contribution >= 0.6 is 23.4 Å². The van der Waals surface area contributed by atoms with Crippen molar-refractivity contribution in [2.45, 2.75) is 12.5 Å². The smallest absolute Gasteiger partial charge is 0.269 e. The van der Waals surface area contributed by atoms with Crippen molar-refractivity contribution in [3.8, 4) is 0 Å². The largest absolute Gasteiger partial charge is 0.340 e. The van der Waals surface area contributed by atoms with E-state index in [9.17, 15) is 14.4 Å². The maximum atomic E-state index is 12.4. The Balaban J connectivity index is 1.99. The summed E-state index contributed by atoms with van der Waals surface area (Å²) in [6.07, 6.45) is 5.24. The summed E-state index contributed by atoms with van der Waals surface area (Å²) in [4.78, 5) is 40.7. The lowest BCUT2D eigenvalue weighted by molar-refractivity contribution is -0.123. The first-order valence-corrected chi connectivity index (χ1v) is 9.84. The molecule has 0 aliphatic carbocycles. The molecule has 27 heavy (non-hydrogen) atoms. The van der Waals surface area contributed by atoms with Crippen molar-refractivity contribution in [3.05, 3.63) is 64.9 Å². The molecule has 1 atom stereocenters. The lowest BCUT2D eigenvalue weighted by atomic mass is 10.1. The van der Waals surface area contributed by atoms with Crippen LogP contribution in [0.2, 0.25) is 5.02 Å². The van der Waals surface area contributed by atoms with E-state index in [1.165, 1.54) is 24.5 Å². The van der Waals surface area contributed by atoms with E-state index in [0.717, 1.165) is 0 Å². The van der Waals surface area contributed by atoms with Crippen molar-refractivity contribution in [1.29, 1.82) is 0 Å². The van der Waals surface area contributed by atoms with Gasteiger partial charge < -0.3 is 5.32 Å². The Morgan fingerprint density at radius 1 is 1.07 bits per heavy atom. The SMILES string of the molecule is CSCC[C@H](NC(=O)c1ccccc1Cl)C(=O)NNC(=O)c1ccncc1. The molecule has 7 nitrogen and oxygen atoms in total. The van der Waals surface area contributed by atoms with Crippen molar-refractivity contribution in [1.82, 2.24) is 21.2 Å². The van der Waals surface area contributed by atoms with Gasteiger partial charge in [0.1, 0.15) is 6.04 Å². The van der Waals surface area contributed by atoms with Crippen LogP contribution in [0.1, 0.15) is 27.1 Å². The van der Waals surface area contributed by atoms with Crippen LogP contribution < -0.4 is 16.2 Å². The molecule has 1 aromatic heterocycles. The summed E-state index contributed by atoms with van der Waals surface area (Å²) in [7, 11) is 0. The standard InChI is InChI=1S/C18H19ClN4O3S/c1-27-11-8-15(21-17(25)13-4-2-3-5-14(13)19)18(26)23-22-16(24)12-6-9-20-10-7-12/h2-7,9-10,15H,8,11H2,1H3,(H,21,25)(H,22,24)(H,23,26)/t15-/m0/s1. The minimum absolute atomic E-state index is 0.280. The highest BCUT2D eigenvalue weighted by Crippen LogP contribution is 2.15. The molecule has 1 heterocycles. The van der Waals surface area contributed by atoms with Gasteiger partial charge in [0.05, 0.1) is 10.6 Å². The monoisotopic (exact) mass is 406 g/mol. The summed E-state index contributed by atoms with van der Waals surface area (Å²) in [5.74, 6) is -0.805. The van der Waals surface area contributed by atoms with Gasteiger partial charge in [-0.05, 0) is 42.7 Å². The van der Waals surface area contributed by atoms with Crippen LogP contribution in [0.4, 0.5) is 0 Å². The van der Waals surface area contributed by atoms with Crippen molar-refractivity contribution in [3.63, 3.8) is 0 Å². The summed E-state index contributed by atoms with van der Waals surface area (Å²) in [5, 5.41) is 2.96. The number of hydrazine groups is 1. The summed E-state index contributed by atoms with van der Waals surface area (Å²) in [6.45, 7) is 0. The molecule has 0 bridgehead atoms. The van der Waals surface area contributed by atoms with Gasteiger partial charge in [-0.15, -0.1) is 0 Å². The molecular formula is C18H19ClN4O3S. The fraction of sp³-hybridized carbons (Fsp3) is 0.222. The number of aromatic nitrogens is 1. The maximum absolute atomic E-state index is 12.4.